The van der Waals surface area contributed by atoms with E-state index in [1.54, 1.807) is 0 Å². The molecular weight excluding hydrogens is 294 g/mol. The molecule has 0 radical (unpaired) electrons. The van der Waals surface area contributed by atoms with Crippen LogP contribution in [0.3, 0.4) is 0 Å². The van der Waals surface area contributed by atoms with Gasteiger partial charge in [0.1, 0.15) is 6.17 Å². The SMILES string of the molecule is CC1=C(CCl)NC2C(NCc3c(C)cccc3C)=CC=CN12. The average molecular weight is 316 g/mol. The topological polar surface area (TPSA) is 27.3 Å². The molecule has 0 aliphatic carbocycles. The van der Waals surface area contributed by atoms with E-state index in [2.05, 4.69) is 72.9 Å². The molecule has 2 aliphatic rings. The molecule has 2 aliphatic heterocycles. The van der Waals surface area contributed by atoms with Gasteiger partial charge in [0.2, 0.25) is 0 Å². The molecule has 116 valence electrons. The van der Waals surface area contributed by atoms with E-state index >= 15 is 0 Å². The number of rotatable bonds is 4. The minimum atomic E-state index is 0.128. The largest absolute Gasteiger partial charge is 0.381 e. The fourth-order valence-electron chi connectivity index (χ4n) is 3.05. The van der Waals surface area contributed by atoms with Gasteiger partial charge in [-0.25, -0.2) is 0 Å². The van der Waals surface area contributed by atoms with E-state index in [0.717, 1.165) is 12.2 Å². The van der Waals surface area contributed by atoms with Gasteiger partial charge >= 0.3 is 0 Å². The number of hydrogen-bond acceptors (Lipinski definition) is 3. The average Bonchev–Trinajstić information content (AvgIpc) is 2.84. The molecule has 3 rings (SSSR count). The highest BCUT2D eigenvalue weighted by molar-refractivity contribution is 6.19. The number of fused-ring (bicyclic) bond motifs is 1. The van der Waals surface area contributed by atoms with E-state index in [-0.39, 0.29) is 6.17 Å². The van der Waals surface area contributed by atoms with Crippen molar-refractivity contribution >= 4 is 11.6 Å². The molecule has 1 aromatic carbocycles. The smallest absolute Gasteiger partial charge is 0.144 e. The second-order valence-corrected chi connectivity index (χ2v) is 6.11. The molecule has 22 heavy (non-hydrogen) atoms. The summed E-state index contributed by atoms with van der Waals surface area (Å²) in [6.45, 7) is 7.26. The zero-order valence-corrected chi connectivity index (χ0v) is 14.0. The molecule has 1 aromatic rings. The molecule has 1 atom stereocenters. The monoisotopic (exact) mass is 315 g/mol. The Morgan fingerprint density at radius 3 is 2.64 bits per heavy atom. The minimum Gasteiger partial charge on any atom is -0.381 e. The number of nitrogens with zero attached hydrogens (tertiary/aromatic N) is 1. The van der Waals surface area contributed by atoms with E-state index in [1.165, 1.54) is 28.1 Å². The first-order chi connectivity index (χ1) is 10.6. The highest BCUT2D eigenvalue weighted by atomic mass is 35.5. The summed E-state index contributed by atoms with van der Waals surface area (Å²) in [5.74, 6) is 0.511. The van der Waals surface area contributed by atoms with Crippen molar-refractivity contribution in [2.75, 3.05) is 5.88 Å². The number of aryl methyl sites for hydroxylation is 2. The van der Waals surface area contributed by atoms with Crippen LogP contribution in [0.4, 0.5) is 0 Å². The zero-order chi connectivity index (χ0) is 15.7. The van der Waals surface area contributed by atoms with Gasteiger partial charge in [-0.1, -0.05) is 18.2 Å². The van der Waals surface area contributed by atoms with Crippen LogP contribution in [0.5, 0.6) is 0 Å². The second-order valence-electron chi connectivity index (χ2n) is 5.84. The Morgan fingerprint density at radius 2 is 1.95 bits per heavy atom. The van der Waals surface area contributed by atoms with Crippen molar-refractivity contribution in [2.24, 2.45) is 0 Å². The maximum absolute atomic E-state index is 6.02. The fraction of sp³-hybridized carbons (Fsp3) is 0.333. The highest BCUT2D eigenvalue weighted by Gasteiger charge is 2.31. The Kier molecular flexibility index (Phi) is 4.16. The summed E-state index contributed by atoms with van der Waals surface area (Å²) in [5, 5.41) is 7.09. The number of alkyl halides is 1. The number of benzene rings is 1. The van der Waals surface area contributed by atoms with Crippen LogP contribution >= 0.6 is 11.6 Å². The van der Waals surface area contributed by atoms with Gasteiger partial charge in [-0.3, -0.25) is 0 Å². The molecule has 1 unspecified atom stereocenters. The Bertz CT molecular complexity index is 653. The van der Waals surface area contributed by atoms with Crippen LogP contribution in [0.2, 0.25) is 0 Å². The predicted molar refractivity (Wildman–Crippen MR) is 92.2 cm³/mol. The number of halogens is 1. The van der Waals surface area contributed by atoms with E-state index < -0.39 is 0 Å². The standard InChI is InChI=1S/C18H22ClN3/c1-12-6-4-7-13(2)15(12)11-20-16-8-5-9-22-14(3)17(10-19)21-18(16)22/h4-9,18,20-21H,10-11H2,1-3H3. The van der Waals surface area contributed by atoms with Gasteiger partial charge < -0.3 is 15.5 Å². The van der Waals surface area contributed by atoms with Gasteiger partial charge in [0.05, 0.1) is 11.6 Å². The highest BCUT2D eigenvalue weighted by Crippen LogP contribution is 2.27. The van der Waals surface area contributed by atoms with Crippen LogP contribution in [0.25, 0.3) is 0 Å². The van der Waals surface area contributed by atoms with Crippen LogP contribution in [-0.2, 0) is 6.54 Å². The summed E-state index contributed by atoms with van der Waals surface area (Å²) >= 11 is 6.02. The molecule has 3 nitrogen and oxygen atoms in total. The van der Waals surface area contributed by atoms with Gasteiger partial charge in [-0.2, -0.15) is 0 Å². The Morgan fingerprint density at radius 1 is 1.23 bits per heavy atom. The lowest BCUT2D eigenvalue weighted by atomic mass is 10.0. The maximum Gasteiger partial charge on any atom is 0.144 e. The summed E-state index contributed by atoms with van der Waals surface area (Å²) in [6.07, 6.45) is 6.43. The van der Waals surface area contributed by atoms with Gasteiger partial charge in [0, 0.05) is 24.1 Å². The molecule has 4 heteroatoms. The lowest BCUT2D eigenvalue weighted by molar-refractivity contribution is 0.365. The Hall–Kier alpha value is -1.87. The van der Waals surface area contributed by atoms with E-state index in [4.69, 9.17) is 11.6 Å². The summed E-state index contributed by atoms with van der Waals surface area (Å²) in [7, 11) is 0. The van der Waals surface area contributed by atoms with Crippen LogP contribution in [0.1, 0.15) is 23.6 Å². The fourth-order valence-corrected chi connectivity index (χ4v) is 3.32. The summed E-state index contributed by atoms with van der Waals surface area (Å²) in [4.78, 5) is 2.23. The van der Waals surface area contributed by atoms with E-state index in [0.29, 0.717) is 5.88 Å². The first-order valence-corrected chi connectivity index (χ1v) is 8.13. The normalized spacial score (nSPS) is 19.9. The third-order valence-corrected chi connectivity index (χ3v) is 4.74. The maximum atomic E-state index is 6.02. The predicted octanol–water partition coefficient (Wildman–Crippen LogP) is 3.51. The van der Waals surface area contributed by atoms with E-state index in [1.807, 2.05) is 0 Å². The minimum absolute atomic E-state index is 0.128. The van der Waals surface area contributed by atoms with Crippen molar-refractivity contribution in [1.29, 1.82) is 0 Å². The van der Waals surface area contributed by atoms with Gasteiger partial charge in [-0.15, -0.1) is 11.6 Å². The van der Waals surface area contributed by atoms with Gasteiger partial charge in [0.25, 0.3) is 0 Å². The zero-order valence-electron chi connectivity index (χ0n) is 13.3. The number of allylic oxidation sites excluding steroid dienone is 4. The lowest BCUT2D eigenvalue weighted by Crippen LogP contribution is -2.42. The Labute approximate surface area is 137 Å². The molecule has 0 saturated heterocycles. The van der Waals surface area contributed by atoms with Crippen molar-refractivity contribution in [3.63, 3.8) is 0 Å². The molecule has 0 fully saturated rings. The van der Waals surface area contributed by atoms with Crippen LogP contribution in [-0.4, -0.2) is 16.9 Å². The summed E-state index contributed by atoms with van der Waals surface area (Å²) in [6, 6.07) is 6.43. The van der Waals surface area contributed by atoms with Crippen LogP contribution in [0.15, 0.2) is 53.6 Å². The lowest BCUT2D eigenvalue weighted by Gasteiger charge is -2.30. The van der Waals surface area contributed by atoms with Gasteiger partial charge in [-0.05, 0) is 49.6 Å². The van der Waals surface area contributed by atoms with Crippen molar-refractivity contribution in [3.05, 3.63) is 70.3 Å². The first kappa shape index (κ1) is 15.0. The van der Waals surface area contributed by atoms with Crippen LogP contribution in [0, 0.1) is 13.8 Å². The van der Waals surface area contributed by atoms with Crippen molar-refractivity contribution in [3.8, 4) is 0 Å². The van der Waals surface area contributed by atoms with Crippen molar-refractivity contribution < 1.29 is 0 Å². The van der Waals surface area contributed by atoms with Crippen molar-refractivity contribution in [1.82, 2.24) is 15.5 Å². The quantitative estimate of drug-likeness (QED) is 0.833. The molecule has 0 spiro atoms. The van der Waals surface area contributed by atoms with Crippen molar-refractivity contribution in [2.45, 2.75) is 33.5 Å². The van der Waals surface area contributed by atoms with Gasteiger partial charge in [0.15, 0.2) is 0 Å². The summed E-state index contributed by atoms with van der Waals surface area (Å²) < 4.78 is 0. The third kappa shape index (κ3) is 2.61. The molecule has 0 bridgehead atoms. The molecule has 0 amide bonds. The molecule has 2 N–H and O–H groups in total. The molecule has 0 saturated carbocycles. The van der Waals surface area contributed by atoms with Crippen LogP contribution < -0.4 is 10.6 Å². The number of hydrogen-bond donors (Lipinski definition) is 2. The Balaban J connectivity index is 1.75. The molecule has 0 aromatic heterocycles. The molecular formula is C18H22ClN3. The first-order valence-electron chi connectivity index (χ1n) is 7.59. The van der Waals surface area contributed by atoms with E-state index in [9.17, 15) is 0 Å². The summed E-state index contributed by atoms with van der Waals surface area (Å²) in [5.41, 5.74) is 7.47. The second kappa shape index (κ2) is 6.09. The number of nitrogens with one attached hydrogen (secondary N) is 2. The molecule has 2 heterocycles. The third-order valence-electron chi connectivity index (χ3n) is 4.48.